The van der Waals surface area contributed by atoms with Gasteiger partial charge in [0.15, 0.2) is 12.6 Å². The summed E-state index contributed by atoms with van der Waals surface area (Å²) in [5.41, 5.74) is 3.83. The fourth-order valence-corrected chi connectivity index (χ4v) is 7.92. The van der Waals surface area contributed by atoms with Gasteiger partial charge < -0.3 is 38.6 Å². The second kappa shape index (κ2) is 18.2. The summed E-state index contributed by atoms with van der Waals surface area (Å²) in [6.45, 7) is 8.88. The van der Waals surface area contributed by atoms with Gasteiger partial charge in [-0.25, -0.2) is 9.59 Å². The Morgan fingerprint density at radius 1 is 0.492 bits per heavy atom. The fraction of sp³-hybridized carbons (Fsp3) is 0.283. The topological polar surface area (TPSA) is 130 Å². The van der Waals surface area contributed by atoms with E-state index in [1.54, 1.807) is 24.3 Å². The molecular formula is C53H52O10. The Bertz CT molecular complexity index is 2220. The molecule has 0 atom stereocenters. The van der Waals surface area contributed by atoms with Crippen LogP contribution in [0.5, 0.6) is 11.5 Å². The van der Waals surface area contributed by atoms with E-state index >= 15 is 0 Å². The standard InChI is InChI=1S/C53H52O10/c1-51(2,29-58-47(56)39-25-41(35-17-9-5-10-18-35)45(54)42(26-39)36-19-11-6-12-20-36)49-60-31-53(32-61-49)33-62-50(63-34-53)52(3,4)30-59-48(57)40-27-43(37-21-13-7-14-22-37)46(55)44(28-40)38-23-15-8-16-24-38/h5-28,49-50,54-55H,29-34H2,1-4H3. The zero-order valence-corrected chi connectivity index (χ0v) is 35.9. The molecule has 2 N–H and O–H groups in total. The maximum atomic E-state index is 13.7. The summed E-state index contributed by atoms with van der Waals surface area (Å²) in [4.78, 5) is 27.3. The highest BCUT2D eigenvalue weighted by atomic mass is 16.7. The van der Waals surface area contributed by atoms with Crippen LogP contribution in [0.2, 0.25) is 0 Å². The van der Waals surface area contributed by atoms with Gasteiger partial charge in [-0.1, -0.05) is 149 Å². The number of carbonyl (C=O) groups excluding carboxylic acids is 2. The number of carbonyl (C=O) groups is 2. The van der Waals surface area contributed by atoms with Crippen molar-refractivity contribution in [3.05, 3.63) is 157 Å². The molecule has 63 heavy (non-hydrogen) atoms. The highest BCUT2D eigenvalue weighted by Crippen LogP contribution is 2.43. The first-order chi connectivity index (χ1) is 30.3. The van der Waals surface area contributed by atoms with E-state index < -0.39 is 40.8 Å². The first kappa shape index (κ1) is 43.4. The van der Waals surface area contributed by atoms with Gasteiger partial charge >= 0.3 is 11.9 Å². The van der Waals surface area contributed by atoms with E-state index in [2.05, 4.69) is 0 Å². The molecule has 2 aliphatic rings. The Labute approximate surface area is 368 Å². The van der Waals surface area contributed by atoms with E-state index in [0.717, 1.165) is 22.3 Å². The maximum Gasteiger partial charge on any atom is 0.338 e. The summed E-state index contributed by atoms with van der Waals surface area (Å²) in [5.74, 6) is -0.903. The van der Waals surface area contributed by atoms with Crippen LogP contribution in [-0.2, 0) is 28.4 Å². The van der Waals surface area contributed by atoms with E-state index in [1.165, 1.54) is 0 Å². The Morgan fingerprint density at radius 2 is 0.746 bits per heavy atom. The largest absolute Gasteiger partial charge is 0.507 e. The summed E-state index contributed by atoms with van der Waals surface area (Å²) in [7, 11) is 0. The van der Waals surface area contributed by atoms with Gasteiger partial charge in [0.1, 0.15) is 24.7 Å². The Morgan fingerprint density at radius 3 is 1.00 bits per heavy atom. The molecule has 0 saturated carbocycles. The van der Waals surface area contributed by atoms with E-state index in [1.807, 2.05) is 149 Å². The Hall–Kier alpha value is -6.30. The second-order valence-corrected chi connectivity index (χ2v) is 17.8. The number of aromatic hydroxyl groups is 2. The lowest BCUT2D eigenvalue weighted by atomic mass is 9.86. The van der Waals surface area contributed by atoms with Crippen molar-refractivity contribution in [1.82, 2.24) is 0 Å². The van der Waals surface area contributed by atoms with E-state index in [0.29, 0.717) is 59.8 Å². The number of benzene rings is 6. The van der Waals surface area contributed by atoms with Crippen LogP contribution in [-0.4, -0.2) is 74.4 Å². The SMILES string of the molecule is CC(C)(COC(=O)c1cc(-c2ccccc2)c(O)c(-c2ccccc2)c1)C1OCC2(CO1)COC(C(C)(C)COC(=O)c1cc(-c3ccccc3)c(O)c(-c3ccccc3)c1)OC2. The number of hydrogen-bond donors (Lipinski definition) is 2. The van der Waals surface area contributed by atoms with Crippen molar-refractivity contribution in [1.29, 1.82) is 0 Å². The molecule has 2 aliphatic heterocycles. The molecule has 0 aromatic heterocycles. The van der Waals surface area contributed by atoms with Gasteiger partial charge in [0, 0.05) is 33.1 Å². The summed E-state index contributed by atoms with van der Waals surface area (Å²) in [6, 6.07) is 44.4. The normalized spacial score (nSPS) is 19.0. The van der Waals surface area contributed by atoms with E-state index in [-0.39, 0.29) is 24.7 Å². The molecule has 2 fully saturated rings. The highest BCUT2D eigenvalue weighted by molar-refractivity contribution is 5.97. The van der Waals surface area contributed by atoms with Gasteiger partial charge in [-0.05, 0) is 46.5 Å². The average molecular weight is 849 g/mol. The van der Waals surface area contributed by atoms with Crippen molar-refractivity contribution in [2.45, 2.75) is 40.3 Å². The number of rotatable bonds is 12. The van der Waals surface area contributed by atoms with Crippen LogP contribution in [0.4, 0.5) is 0 Å². The third-order valence-corrected chi connectivity index (χ3v) is 11.6. The number of esters is 2. The molecule has 0 unspecified atom stereocenters. The van der Waals surface area contributed by atoms with Crippen LogP contribution in [0.15, 0.2) is 146 Å². The molecule has 10 heteroatoms. The van der Waals surface area contributed by atoms with Gasteiger partial charge in [-0.3, -0.25) is 0 Å². The van der Waals surface area contributed by atoms with Crippen molar-refractivity contribution >= 4 is 11.9 Å². The van der Waals surface area contributed by atoms with Gasteiger partial charge in [0.2, 0.25) is 0 Å². The molecule has 0 radical (unpaired) electrons. The third kappa shape index (κ3) is 9.55. The second-order valence-electron chi connectivity index (χ2n) is 17.8. The summed E-state index contributed by atoms with van der Waals surface area (Å²) in [6.07, 6.45) is -1.34. The van der Waals surface area contributed by atoms with E-state index in [4.69, 9.17) is 28.4 Å². The lowest BCUT2D eigenvalue weighted by Gasteiger charge is -2.48. The van der Waals surface area contributed by atoms with Crippen LogP contribution < -0.4 is 0 Å². The van der Waals surface area contributed by atoms with Crippen molar-refractivity contribution in [2.24, 2.45) is 16.2 Å². The molecule has 8 rings (SSSR count). The van der Waals surface area contributed by atoms with E-state index in [9.17, 15) is 19.8 Å². The maximum absolute atomic E-state index is 13.7. The molecule has 2 saturated heterocycles. The summed E-state index contributed by atoms with van der Waals surface area (Å²) >= 11 is 0. The molecular weight excluding hydrogens is 797 g/mol. The summed E-state index contributed by atoms with van der Waals surface area (Å²) < 4.78 is 37.0. The number of phenols is 2. The van der Waals surface area contributed by atoms with Gasteiger partial charge in [-0.15, -0.1) is 0 Å². The number of phenolic OH excluding ortho intramolecular Hbond substituents is 2. The minimum atomic E-state index is -0.718. The zero-order chi connectivity index (χ0) is 44.2. The van der Waals surface area contributed by atoms with Crippen molar-refractivity contribution in [3.8, 4) is 56.0 Å². The molecule has 1 spiro atoms. The molecule has 6 aromatic carbocycles. The first-order valence-electron chi connectivity index (χ1n) is 21.1. The molecule has 0 amide bonds. The van der Waals surface area contributed by atoms with Gasteiger partial charge in [-0.2, -0.15) is 0 Å². The highest BCUT2D eigenvalue weighted by Gasteiger charge is 2.48. The average Bonchev–Trinajstić information content (AvgIpc) is 3.31. The predicted molar refractivity (Wildman–Crippen MR) is 240 cm³/mol. The molecule has 6 aromatic rings. The van der Waals surface area contributed by atoms with Gasteiger partial charge in [0.25, 0.3) is 0 Å². The van der Waals surface area contributed by atoms with Crippen molar-refractivity contribution < 1.29 is 48.2 Å². The van der Waals surface area contributed by atoms with Crippen molar-refractivity contribution in [2.75, 3.05) is 39.6 Å². The number of ether oxygens (including phenoxy) is 6. The minimum Gasteiger partial charge on any atom is -0.507 e. The molecule has 0 bridgehead atoms. The van der Waals surface area contributed by atoms with Gasteiger partial charge in [0.05, 0.1) is 43.0 Å². The van der Waals surface area contributed by atoms with Crippen LogP contribution in [0.3, 0.4) is 0 Å². The van der Waals surface area contributed by atoms with Crippen LogP contribution in [0.25, 0.3) is 44.5 Å². The third-order valence-electron chi connectivity index (χ3n) is 11.6. The summed E-state index contributed by atoms with van der Waals surface area (Å²) in [5, 5.41) is 22.7. The molecule has 2 heterocycles. The lowest BCUT2D eigenvalue weighted by Crippen LogP contribution is -2.57. The fourth-order valence-electron chi connectivity index (χ4n) is 7.92. The Kier molecular flexibility index (Phi) is 12.5. The number of hydrogen-bond acceptors (Lipinski definition) is 10. The quantitative estimate of drug-likeness (QED) is 0.115. The monoisotopic (exact) mass is 848 g/mol. The predicted octanol–water partition coefficient (Wildman–Crippen LogP) is 10.6. The van der Waals surface area contributed by atoms with Crippen LogP contribution in [0.1, 0.15) is 48.4 Å². The molecule has 10 nitrogen and oxygen atoms in total. The lowest BCUT2D eigenvalue weighted by molar-refractivity contribution is -0.336. The van der Waals surface area contributed by atoms with Crippen LogP contribution in [0, 0.1) is 16.2 Å². The molecule has 0 aliphatic carbocycles. The van der Waals surface area contributed by atoms with Crippen LogP contribution >= 0.6 is 0 Å². The zero-order valence-electron chi connectivity index (χ0n) is 35.9. The Balaban J connectivity index is 0.864. The molecule has 324 valence electrons. The van der Waals surface area contributed by atoms with Crippen molar-refractivity contribution in [3.63, 3.8) is 0 Å². The smallest absolute Gasteiger partial charge is 0.338 e. The minimum absolute atomic E-state index is 0.0129. The first-order valence-corrected chi connectivity index (χ1v) is 21.1.